The number of carbonyl (C=O) groups is 1. The van der Waals surface area contributed by atoms with Crippen molar-refractivity contribution in [1.29, 1.82) is 0 Å². The van der Waals surface area contributed by atoms with Crippen LogP contribution in [0.4, 0.5) is 0 Å². The Kier molecular flexibility index (Phi) is 9.84. The molecule has 0 aliphatic heterocycles. The van der Waals surface area contributed by atoms with Gasteiger partial charge in [-0.3, -0.25) is 0 Å². The van der Waals surface area contributed by atoms with Crippen molar-refractivity contribution in [2.45, 2.75) is 58.7 Å². The SMILES string of the molecule is C=C(CC/C=C/C(=O)OCC)CCCC#C[Si](C)(C)C. The summed E-state index contributed by atoms with van der Waals surface area (Å²) >= 11 is 0. The average Bonchev–Trinajstić information content (AvgIpc) is 2.33. The highest BCUT2D eigenvalue weighted by Crippen LogP contribution is 2.11. The van der Waals surface area contributed by atoms with Gasteiger partial charge in [-0.15, -0.1) is 11.5 Å². The topological polar surface area (TPSA) is 26.3 Å². The first-order chi connectivity index (χ1) is 9.35. The Morgan fingerprint density at radius 1 is 1.30 bits per heavy atom. The van der Waals surface area contributed by atoms with Gasteiger partial charge in [-0.2, -0.15) is 0 Å². The number of rotatable bonds is 8. The van der Waals surface area contributed by atoms with Gasteiger partial charge < -0.3 is 4.74 Å². The first kappa shape index (κ1) is 18.7. The maximum atomic E-state index is 11.1. The highest BCUT2D eigenvalue weighted by molar-refractivity contribution is 6.83. The largest absolute Gasteiger partial charge is 0.463 e. The van der Waals surface area contributed by atoms with E-state index in [0.29, 0.717) is 6.61 Å². The van der Waals surface area contributed by atoms with E-state index in [-0.39, 0.29) is 5.97 Å². The van der Waals surface area contributed by atoms with E-state index in [1.807, 2.05) is 6.08 Å². The zero-order valence-electron chi connectivity index (χ0n) is 13.4. The molecule has 0 spiro atoms. The molecule has 0 saturated carbocycles. The summed E-state index contributed by atoms with van der Waals surface area (Å²) < 4.78 is 4.81. The Morgan fingerprint density at radius 2 is 2.00 bits per heavy atom. The van der Waals surface area contributed by atoms with E-state index in [9.17, 15) is 4.79 Å². The normalized spacial score (nSPS) is 11.0. The molecule has 20 heavy (non-hydrogen) atoms. The van der Waals surface area contributed by atoms with Gasteiger partial charge >= 0.3 is 5.97 Å². The molecule has 3 heteroatoms. The minimum atomic E-state index is -1.21. The van der Waals surface area contributed by atoms with E-state index < -0.39 is 8.07 Å². The standard InChI is InChI=1S/C17H28O2Si/c1-6-19-17(18)14-10-9-13-16(2)12-8-7-11-15-20(3,4)5/h10,14H,2,6-9,12-13H2,1,3-5H3/b14-10+. The molecule has 0 saturated heterocycles. The van der Waals surface area contributed by atoms with Crippen LogP contribution >= 0.6 is 0 Å². The van der Waals surface area contributed by atoms with Crippen LogP contribution in [0.2, 0.25) is 19.6 Å². The van der Waals surface area contributed by atoms with Gasteiger partial charge in [-0.25, -0.2) is 4.79 Å². The molecule has 0 fully saturated rings. The molecule has 2 nitrogen and oxygen atoms in total. The van der Waals surface area contributed by atoms with Crippen molar-refractivity contribution in [1.82, 2.24) is 0 Å². The lowest BCUT2D eigenvalue weighted by molar-refractivity contribution is -0.137. The molecule has 0 aliphatic rings. The fourth-order valence-electron chi connectivity index (χ4n) is 1.54. The summed E-state index contributed by atoms with van der Waals surface area (Å²) in [7, 11) is -1.21. The summed E-state index contributed by atoms with van der Waals surface area (Å²) in [4.78, 5) is 11.1. The molecule has 0 aromatic rings. The van der Waals surface area contributed by atoms with Crippen molar-refractivity contribution in [3.63, 3.8) is 0 Å². The molecule has 0 unspecified atom stereocenters. The van der Waals surface area contributed by atoms with Crippen LogP contribution in [0.3, 0.4) is 0 Å². The summed E-state index contributed by atoms with van der Waals surface area (Å²) in [6, 6.07) is 0. The van der Waals surface area contributed by atoms with E-state index in [4.69, 9.17) is 4.74 Å². The second kappa shape index (κ2) is 10.5. The molecule has 112 valence electrons. The number of hydrogen-bond acceptors (Lipinski definition) is 2. The molecule has 0 aromatic heterocycles. The van der Waals surface area contributed by atoms with E-state index in [2.05, 4.69) is 37.7 Å². The number of allylic oxidation sites excluding steroid dienone is 2. The van der Waals surface area contributed by atoms with Gasteiger partial charge in [0.2, 0.25) is 0 Å². The number of unbranched alkanes of at least 4 members (excludes halogenated alkanes) is 1. The van der Waals surface area contributed by atoms with Crippen LogP contribution in [0.25, 0.3) is 0 Å². The van der Waals surface area contributed by atoms with Crippen molar-refractivity contribution in [2.24, 2.45) is 0 Å². The lowest BCUT2D eigenvalue weighted by atomic mass is 10.1. The number of ether oxygens (including phenoxy) is 1. The molecular formula is C17H28O2Si. The summed E-state index contributed by atoms with van der Waals surface area (Å²) in [5.74, 6) is 3.01. The fraction of sp³-hybridized carbons (Fsp3) is 0.588. The van der Waals surface area contributed by atoms with E-state index in [1.165, 1.54) is 11.6 Å². The van der Waals surface area contributed by atoms with Crippen molar-refractivity contribution in [3.8, 4) is 11.5 Å². The first-order valence-corrected chi connectivity index (χ1v) is 10.8. The molecule has 0 amide bonds. The summed E-state index contributed by atoms with van der Waals surface area (Å²) in [5, 5.41) is 0. The molecule has 0 heterocycles. The molecule has 0 radical (unpaired) electrons. The molecule has 0 N–H and O–H groups in total. The number of carbonyl (C=O) groups excluding carboxylic acids is 1. The molecule has 0 aliphatic carbocycles. The van der Waals surface area contributed by atoms with Crippen LogP contribution in [0.5, 0.6) is 0 Å². The van der Waals surface area contributed by atoms with E-state index in [1.54, 1.807) is 6.92 Å². The smallest absolute Gasteiger partial charge is 0.330 e. The minimum absolute atomic E-state index is 0.264. The fourth-order valence-corrected chi connectivity index (χ4v) is 2.19. The predicted octanol–water partition coefficient (Wildman–Crippen LogP) is 4.49. The lowest BCUT2D eigenvalue weighted by Gasteiger charge is -2.04. The minimum Gasteiger partial charge on any atom is -0.463 e. The van der Waals surface area contributed by atoms with Crippen molar-refractivity contribution in [2.75, 3.05) is 6.61 Å². The van der Waals surface area contributed by atoms with Gasteiger partial charge in [0.15, 0.2) is 0 Å². The second-order valence-electron chi connectivity index (χ2n) is 5.85. The molecular weight excluding hydrogens is 264 g/mol. The molecule has 0 rings (SSSR count). The van der Waals surface area contributed by atoms with Crippen molar-refractivity contribution < 1.29 is 9.53 Å². The summed E-state index contributed by atoms with van der Waals surface area (Å²) in [6.07, 6.45) is 8.19. The monoisotopic (exact) mass is 292 g/mol. The first-order valence-electron chi connectivity index (χ1n) is 7.35. The van der Waals surface area contributed by atoms with Crippen LogP contribution in [0.15, 0.2) is 24.3 Å². The zero-order valence-corrected chi connectivity index (χ0v) is 14.4. The van der Waals surface area contributed by atoms with Crippen LogP contribution in [-0.2, 0) is 9.53 Å². The third-order valence-electron chi connectivity index (χ3n) is 2.50. The summed E-state index contributed by atoms with van der Waals surface area (Å²) in [5.41, 5.74) is 4.60. The predicted molar refractivity (Wildman–Crippen MR) is 89.1 cm³/mol. The zero-order chi connectivity index (χ0) is 15.4. The Balaban J connectivity index is 3.69. The van der Waals surface area contributed by atoms with E-state index >= 15 is 0 Å². The van der Waals surface area contributed by atoms with Gasteiger partial charge in [0, 0.05) is 12.5 Å². The maximum Gasteiger partial charge on any atom is 0.330 e. The third kappa shape index (κ3) is 13.2. The van der Waals surface area contributed by atoms with Crippen LogP contribution in [-0.4, -0.2) is 20.7 Å². The van der Waals surface area contributed by atoms with Gasteiger partial charge in [-0.05, 0) is 32.6 Å². The Labute approximate surface area is 125 Å². The second-order valence-corrected chi connectivity index (χ2v) is 10.6. The van der Waals surface area contributed by atoms with Crippen LogP contribution in [0, 0.1) is 11.5 Å². The molecule has 0 atom stereocenters. The third-order valence-corrected chi connectivity index (χ3v) is 3.43. The molecule has 0 bridgehead atoms. The highest BCUT2D eigenvalue weighted by Gasteiger charge is 2.06. The van der Waals surface area contributed by atoms with Gasteiger partial charge in [0.25, 0.3) is 0 Å². The number of esters is 1. The van der Waals surface area contributed by atoms with E-state index in [0.717, 1.165) is 32.1 Å². The Hall–Kier alpha value is -1.27. The average molecular weight is 292 g/mol. The summed E-state index contributed by atoms with van der Waals surface area (Å²) in [6.45, 7) is 13.1. The van der Waals surface area contributed by atoms with Gasteiger partial charge in [0.05, 0.1) is 6.61 Å². The van der Waals surface area contributed by atoms with Crippen LogP contribution < -0.4 is 0 Å². The molecule has 0 aromatic carbocycles. The Morgan fingerprint density at radius 3 is 2.60 bits per heavy atom. The van der Waals surface area contributed by atoms with Crippen molar-refractivity contribution in [3.05, 3.63) is 24.3 Å². The van der Waals surface area contributed by atoms with Gasteiger partial charge in [0.1, 0.15) is 8.07 Å². The van der Waals surface area contributed by atoms with Crippen LogP contribution in [0.1, 0.15) is 39.0 Å². The highest BCUT2D eigenvalue weighted by atomic mass is 28.3. The van der Waals surface area contributed by atoms with Gasteiger partial charge in [-0.1, -0.05) is 37.9 Å². The quantitative estimate of drug-likeness (QED) is 0.164. The lowest BCUT2D eigenvalue weighted by Crippen LogP contribution is -2.16. The number of hydrogen-bond donors (Lipinski definition) is 0. The Bertz CT molecular complexity index is 391. The van der Waals surface area contributed by atoms with Crippen molar-refractivity contribution >= 4 is 14.0 Å². The maximum absolute atomic E-state index is 11.1.